The minimum atomic E-state index is -1.06. The predicted octanol–water partition coefficient (Wildman–Crippen LogP) is 1.75. The first-order chi connectivity index (χ1) is 12.6. The number of aromatic nitrogens is 4. The number of amides is 2. The molecule has 3 rings (SSSR count). The van der Waals surface area contributed by atoms with Crippen molar-refractivity contribution in [1.29, 1.82) is 0 Å². The molecular weight excluding hydrogens is 336 g/mol. The summed E-state index contributed by atoms with van der Waals surface area (Å²) >= 11 is 0. The number of nitrogens with one attached hydrogen (secondary N) is 2. The van der Waals surface area contributed by atoms with Gasteiger partial charge in [-0.15, -0.1) is 10.2 Å². The van der Waals surface area contributed by atoms with Crippen molar-refractivity contribution in [3.05, 3.63) is 60.2 Å². The van der Waals surface area contributed by atoms with E-state index >= 15 is 0 Å². The molecule has 132 valence electrons. The topological polar surface area (TPSA) is 122 Å². The Morgan fingerprint density at radius 1 is 1.08 bits per heavy atom. The molecule has 3 N–H and O–H groups in total. The van der Waals surface area contributed by atoms with Crippen LogP contribution in [0.2, 0.25) is 0 Å². The Labute approximate surface area is 148 Å². The molecule has 26 heavy (non-hydrogen) atoms. The molecule has 0 atom stereocenters. The Hall–Kier alpha value is -3.75. The standard InChI is InChI=1S/C17H16N6O3/c24-15(25)11-23-21-16(20-22-23)13-7-4-8-14(9-13)19-17(26)18-10-12-5-2-1-3-6-12/h1-9H,10-11H2,(H,24,25)(H2,18,19,26). The van der Waals surface area contributed by atoms with Gasteiger partial charge in [0.15, 0.2) is 6.54 Å². The van der Waals surface area contributed by atoms with E-state index in [2.05, 4.69) is 26.0 Å². The van der Waals surface area contributed by atoms with E-state index in [1.807, 2.05) is 30.3 Å². The van der Waals surface area contributed by atoms with E-state index in [1.165, 1.54) is 0 Å². The normalized spacial score (nSPS) is 10.3. The summed E-state index contributed by atoms with van der Waals surface area (Å²) in [4.78, 5) is 23.7. The first-order valence-corrected chi connectivity index (χ1v) is 7.79. The van der Waals surface area contributed by atoms with Gasteiger partial charge in [-0.05, 0) is 22.9 Å². The van der Waals surface area contributed by atoms with E-state index in [0.29, 0.717) is 17.8 Å². The van der Waals surface area contributed by atoms with Gasteiger partial charge in [-0.2, -0.15) is 4.80 Å². The molecule has 0 aliphatic carbocycles. The lowest BCUT2D eigenvalue weighted by Gasteiger charge is -2.08. The summed E-state index contributed by atoms with van der Waals surface area (Å²) in [5.74, 6) is -0.779. The number of urea groups is 1. The number of carbonyl (C=O) groups is 2. The first-order valence-electron chi connectivity index (χ1n) is 7.79. The molecule has 0 radical (unpaired) electrons. The van der Waals surface area contributed by atoms with Crippen LogP contribution in [0.4, 0.5) is 10.5 Å². The molecule has 0 saturated heterocycles. The van der Waals surface area contributed by atoms with E-state index < -0.39 is 5.97 Å². The maximum Gasteiger partial charge on any atom is 0.327 e. The molecule has 0 bridgehead atoms. The fourth-order valence-corrected chi connectivity index (χ4v) is 2.24. The molecular formula is C17H16N6O3. The van der Waals surface area contributed by atoms with E-state index in [-0.39, 0.29) is 18.4 Å². The summed E-state index contributed by atoms with van der Waals surface area (Å²) in [5.41, 5.74) is 2.17. The zero-order valence-electron chi connectivity index (χ0n) is 13.7. The first kappa shape index (κ1) is 17.1. The van der Waals surface area contributed by atoms with Crippen LogP contribution in [0.5, 0.6) is 0 Å². The number of nitrogens with zero attached hydrogens (tertiary/aromatic N) is 4. The number of tetrazole rings is 1. The van der Waals surface area contributed by atoms with Gasteiger partial charge in [-0.1, -0.05) is 42.5 Å². The molecule has 1 heterocycles. The minimum absolute atomic E-state index is 0.277. The van der Waals surface area contributed by atoms with Crippen LogP contribution in [0, 0.1) is 0 Å². The number of rotatable bonds is 6. The third kappa shape index (κ3) is 4.63. The molecule has 0 fully saturated rings. The second-order valence-electron chi connectivity index (χ2n) is 5.41. The molecule has 0 aliphatic rings. The Kier molecular flexibility index (Phi) is 5.18. The van der Waals surface area contributed by atoms with Gasteiger partial charge >= 0.3 is 12.0 Å². The Bertz CT molecular complexity index is 910. The van der Waals surface area contributed by atoms with Gasteiger partial charge < -0.3 is 15.7 Å². The predicted molar refractivity (Wildman–Crippen MR) is 93.2 cm³/mol. The third-order valence-corrected chi connectivity index (χ3v) is 3.40. The maximum atomic E-state index is 12.0. The molecule has 0 unspecified atom stereocenters. The number of aliphatic carboxylic acids is 1. The van der Waals surface area contributed by atoms with Crippen LogP contribution >= 0.6 is 0 Å². The molecule has 0 saturated carbocycles. The number of carboxylic acids is 1. The molecule has 2 aromatic carbocycles. The highest BCUT2D eigenvalue weighted by molar-refractivity contribution is 5.89. The zero-order valence-corrected chi connectivity index (χ0v) is 13.7. The second kappa shape index (κ2) is 7.88. The van der Waals surface area contributed by atoms with Crippen LogP contribution < -0.4 is 10.6 Å². The Morgan fingerprint density at radius 2 is 1.88 bits per heavy atom. The summed E-state index contributed by atoms with van der Waals surface area (Å²) in [5, 5.41) is 25.8. The summed E-state index contributed by atoms with van der Waals surface area (Å²) in [7, 11) is 0. The van der Waals surface area contributed by atoms with Crippen molar-refractivity contribution in [2.75, 3.05) is 5.32 Å². The van der Waals surface area contributed by atoms with Gasteiger partial charge in [-0.3, -0.25) is 4.79 Å². The number of benzene rings is 2. The number of hydrogen-bond donors (Lipinski definition) is 3. The van der Waals surface area contributed by atoms with Crippen molar-refractivity contribution in [3.63, 3.8) is 0 Å². The van der Waals surface area contributed by atoms with Crippen molar-refractivity contribution in [2.45, 2.75) is 13.1 Å². The smallest absolute Gasteiger partial charge is 0.327 e. The van der Waals surface area contributed by atoms with Gasteiger partial charge in [0.2, 0.25) is 5.82 Å². The Balaban J connectivity index is 1.62. The number of anilines is 1. The SMILES string of the molecule is O=C(O)Cn1nnc(-c2cccc(NC(=O)NCc3ccccc3)c2)n1. The molecule has 3 aromatic rings. The van der Waals surface area contributed by atoms with Crippen molar-refractivity contribution in [2.24, 2.45) is 0 Å². The van der Waals surface area contributed by atoms with Gasteiger partial charge in [0.25, 0.3) is 0 Å². The quantitative estimate of drug-likeness (QED) is 0.621. The zero-order chi connectivity index (χ0) is 18.4. The average Bonchev–Trinajstić information content (AvgIpc) is 3.09. The van der Waals surface area contributed by atoms with Gasteiger partial charge in [0.05, 0.1) is 0 Å². The van der Waals surface area contributed by atoms with Gasteiger partial charge in [0, 0.05) is 17.8 Å². The number of carboxylic acid groups (broad SMARTS) is 1. The Morgan fingerprint density at radius 3 is 2.65 bits per heavy atom. The highest BCUT2D eigenvalue weighted by Crippen LogP contribution is 2.18. The summed E-state index contributed by atoms with van der Waals surface area (Å²) in [6.07, 6.45) is 0. The molecule has 9 nitrogen and oxygen atoms in total. The van der Waals surface area contributed by atoms with Crippen LogP contribution in [0.25, 0.3) is 11.4 Å². The van der Waals surface area contributed by atoms with E-state index in [9.17, 15) is 9.59 Å². The maximum absolute atomic E-state index is 12.0. The monoisotopic (exact) mass is 352 g/mol. The number of carbonyl (C=O) groups excluding carboxylic acids is 1. The highest BCUT2D eigenvalue weighted by atomic mass is 16.4. The molecule has 1 aromatic heterocycles. The van der Waals surface area contributed by atoms with E-state index in [1.54, 1.807) is 24.3 Å². The van der Waals surface area contributed by atoms with Gasteiger partial charge in [-0.25, -0.2) is 4.79 Å². The van der Waals surface area contributed by atoms with E-state index in [4.69, 9.17) is 5.11 Å². The van der Waals surface area contributed by atoms with Crippen LogP contribution in [0.1, 0.15) is 5.56 Å². The largest absolute Gasteiger partial charge is 0.480 e. The summed E-state index contributed by atoms with van der Waals surface area (Å²) in [6, 6.07) is 16.1. The molecule has 0 aliphatic heterocycles. The van der Waals surface area contributed by atoms with Crippen LogP contribution in [-0.4, -0.2) is 37.3 Å². The molecule has 9 heteroatoms. The lowest BCUT2D eigenvalue weighted by molar-refractivity contribution is -0.138. The number of hydrogen-bond acceptors (Lipinski definition) is 5. The lowest BCUT2D eigenvalue weighted by Crippen LogP contribution is -2.28. The molecule has 2 amide bonds. The highest BCUT2D eigenvalue weighted by Gasteiger charge is 2.09. The van der Waals surface area contributed by atoms with Crippen molar-refractivity contribution >= 4 is 17.7 Å². The van der Waals surface area contributed by atoms with E-state index in [0.717, 1.165) is 10.4 Å². The third-order valence-electron chi connectivity index (χ3n) is 3.40. The van der Waals surface area contributed by atoms with Crippen LogP contribution in [-0.2, 0) is 17.9 Å². The van der Waals surface area contributed by atoms with Crippen LogP contribution in [0.15, 0.2) is 54.6 Å². The fourth-order valence-electron chi connectivity index (χ4n) is 2.24. The van der Waals surface area contributed by atoms with Crippen LogP contribution in [0.3, 0.4) is 0 Å². The second-order valence-corrected chi connectivity index (χ2v) is 5.41. The van der Waals surface area contributed by atoms with Crippen molar-refractivity contribution in [1.82, 2.24) is 25.5 Å². The minimum Gasteiger partial charge on any atom is -0.480 e. The average molecular weight is 352 g/mol. The lowest BCUT2D eigenvalue weighted by atomic mass is 10.2. The van der Waals surface area contributed by atoms with Crippen molar-refractivity contribution < 1.29 is 14.7 Å². The van der Waals surface area contributed by atoms with Gasteiger partial charge in [0.1, 0.15) is 0 Å². The van der Waals surface area contributed by atoms with Crippen molar-refractivity contribution in [3.8, 4) is 11.4 Å². The fraction of sp³-hybridized carbons (Fsp3) is 0.118. The molecule has 0 spiro atoms. The summed E-state index contributed by atoms with van der Waals surface area (Å²) in [6.45, 7) is 0.0459. The summed E-state index contributed by atoms with van der Waals surface area (Å²) < 4.78 is 0.